The van der Waals surface area contributed by atoms with Crippen molar-refractivity contribution >= 4 is 23.2 Å². The van der Waals surface area contributed by atoms with E-state index in [2.05, 4.69) is 15.6 Å². The number of imidazole rings is 1. The van der Waals surface area contributed by atoms with Crippen molar-refractivity contribution in [1.29, 1.82) is 0 Å². The van der Waals surface area contributed by atoms with Crippen molar-refractivity contribution in [3.05, 3.63) is 60.4 Å². The number of hydrogen-bond donors (Lipinski definition) is 2. The van der Waals surface area contributed by atoms with Gasteiger partial charge < -0.3 is 5.32 Å². The molecule has 5 heteroatoms. The van der Waals surface area contributed by atoms with Crippen LogP contribution in [0, 0.1) is 6.92 Å². The number of urea groups is 1. The number of hydrogen-bond acceptors (Lipinski definition) is 2. The lowest BCUT2D eigenvalue weighted by molar-refractivity contribution is 0.262. The number of anilines is 2. The first kappa shape index (κ1) is 12.2. The highest BCUT2D eigenvalue weighted by Crippen LogP contribution is 2.12. The number of nitrogens with one attached hydrogen (secondary N) is 2. The molecule has 0 fully saturated rings. The van der Waals surface area contributed by atoms with Gasteiger partial charge in [-0.1, -0.05) is 23.8 Å². The van der Waals surface area contributed by atoms with E-state index >= 15 is 0 Å². The smallest absolute Gasteiger partial charge is 0.308 e. The fourth-order valence-corrected chi connectivity index (χ4v) is 1.94. The molecule has 0 aliphatic carbocycles. The van der Waals surface area contributed by atoms with E-state index in [0.717, 1.165) is 16.8 Å². The highest BCUT2D eigenvalue weighted by Gasteiger charge is 2.07. The van der Waals surface area contributed by atoms with Gasteiger partial charge in [-0.25, -0.2) is 9.78 Å². The summed E-state index contributed by atoms with van der Waals surface area (Å²) >= 11 is 0. The molecule has 3 aromatic rings. The molecule has 2 aromatic heterocycles. The molecule has 3 rings (SSSR count). The van der Waals surface area contributed by atoms with Crippen LogP contribution in [0.15, 0.2) is 54.9 Å². The van der Waals surface area contributed by atoms with Gasteiger partial charge >= 0.3 is 6.03 Å². The quantitative estimate of drug-likeness (QED) is 0.747. The molecule has 2 N–H and O–H groups in total. The number of aromatic nitrogens is 2. The van der Waals surface area contributed by atoms with Crippen LogP contribution in [0.3, 0.4) is 0 Å². The summed E-state index contributed by atoms with van der Waals surface area (Å²) in [6, 6.07) is 13.0. The Balaban J connectivity index is 1.74. The SMILES string of the molecule is Cc1ccc(NC(=O)Nc2ncc3ccccn23)cc1. The van der Waals surface area contributed by atoms with Crippen molar-refractivity contribution in [3.8, 4) is 0 Å². The number of rotatable bonds is 2. The van der Waals surface area contributed by atoms with E-state index in [1.54, 1.807) is 6.20 Å². The summed E-state index contributed by atoms with van der Waals surface area (Å²) < 4.78 is 1.81. The molecular weight excluding hydrogens is 252 g/mol. The first-order valence-electron chi connectivity index (χ1n) is 6.29. The summed E-state index contributed by atoms with van der Waals surface area (Å²) in [5, 5.41) is 5.50. The number of carbonyl (C=O) groups is 1. The molecule has 100 valence electrons. The summed E-state index contributed by atoms with van der Waals surface area (Å²) in [4.78, 5) is 16.1. The number of nitrogens with zero attached hydrogens (tertiary/aromatic N) is 2. The van der Waals surface area contributed by atoms with Crippen molar-refractivity contribution < 1.29 is 4.79 Å². The molecule has 1 aromatic carbocycles. The molecule has 2 amide bonds. The average Bonchev–Trinajstić information content (AvgIpc) is 2.85. The number of aryl methyl sites for hydroxylation is 1. The zero-order valence-corrected chi connectivity index (χ0v) is 11.0. The molecule has 0 saturated carbocycles. The van der Waals surface area contributed by atoms with E-state index in [1.807, 2.05) is 60.0 Å². The summed E-state index contributed by atoms with van der Waals surface area (Å²) in [6.07, 6.45) is 3.56. The summed E-state index contributed by atoms with van der Waals surface area (Å²) in [5.74, 6) is 0.491. The number of benzene rings is 1. The molecule has 0 atom stereocenters. The standard InChI is InChI=1S/C15H14N4O/c1-11-5-7-12(8-6-11)17-15(20)18-14-16-10-13-4-2-3-9-19(13)14/h2-10H,1H3,(H2,16,17,18,20). The van der Waals surface area contributed by atoms with Crippen molar-refractivity contribution in [2.75, 3.05) is 10.6 Å². The third kappa shape index (κ3) is 2.47. The van der Waals surface area contributed by atoms with Gasteiger partial charge in [-0.3, -0.25) is 9.72 Å². The van der Waals surface area contributed by atoms with Gasteiger partial charge in [-0.05, 0) is 31.2 Å². The highest BCUT2D eigenvalue weighted by molar-refractivity contribution is 5.98. The average molecular weight is 266 g/mol. The van der Waals surface area contributed by atoms with Crippen LogP contribution >= 0.6 is 0 Å². The Hall–Kier alpha value is -2.82. The van der Waals surface area contributed by atoms with Crippen LogP contribution in [-0.2, 0) is 0 Å². The fraction of sp³-hybridized carbons (Fsp3) is 0.0667. The molecule has 0 aliphatic heterocycles. The van der Waals surface area contributed by atoms with E-state index in [1.165, 1.54) is 0 Å². The molecule has 5 nitrogen and oxygen atoms in total. The Bertz CT molecular complexity index is 746. The second-order valence-electron chi connectivity index (χ2n) is 4.52. The van der Waals surface area contributed by atoms with Crippen molar-refractivity contribution in [3.63, 3.8) is 0 Å². The molecule has 0 radical (unpaired) electrons. The maximum Gasteiger partial charge on any atom is 0.326 e. The van der Waals surface area contributed by atoms with Crippen LogP contribution in [0.1, 0.15) is 5.56 Å². The lowest BCUT2D eigenvalue weighted by Crippen LogP contribution is -2.20. The minimum absolute atomic E-state index is 0.315. The minimum atomic E-state index is -0.315. The van der Waals surface area contributed by atoms with Gasteiger partial charge in [0.05, 0.1) is 11.7 Å². The van der Waals surface area contributed by atoms with Gasteiger partial charge in [0, 0.05) is 11.9 Å². The van der Waals surface area contributed by atoms with Crippen LogP contribution in [-0.4, -0.2) is 15.4 Å². The fourth-order valence-electron chi connectivity index (χ4n) is 1.94. The normalized spacial score (nSPS) is 10.4. The maximum absolute atomic E-state index is 11.9. The van der Waals surface area contributed by atoms with Crippen LogP contribution in [0.5, 0.6) is 0 Å². The first-order valence-corrected chi connectivity index (χ1v) is 6.29. The third-order valence-corrected chi connectivity index (χ3v) is 2.97. The molecular formula is C15H14N4O. The summed E-state index contributed by atoms with van der Waals surface area (Å²) in [5.41, 5.74) is 2.82. The molecule has 0 saturated heterocycles. The van der Waals surface area contributed by atoms with Crippen LogP contribution in [0.4, 0.5) is 16.4 Å². The Morgan fingerprint density at radius 3 is 2.70 bits per heavy atom. The van der Waals surface area contributed by atoms with Crippen molar-refractivity contribution in [2.45, 2.75) is 6.92 Å². The van der Waals surface area contributed by atoms with E-state index in [9.17, 15) is 4.79 Å². The highest BCUT2D eigenvalue weighted by atomic mass is 16.2. The largest absolute Gasteiger partial charge is 0.326 e. The lowest BCUT2D eigenvalue weighted by Gasteiger charge is -2.07. The van der Waals surface area contributed by atoms with Gasteiger partial charge in [0.1, 0.15) is 0 Å². The van der Waals surface area contributed by atoms with Crippen LogP contribution in [0.2, 0.25) is 0 Å². The van der Waals surface area contributed by atoms with E-state index in [4.69, 9.17) is 0 Å². The molecule has 2 heterocycles. The van der Waals surface area contributed by atoms with Crippen LogP contribution in [0.25, 0.3) is 5.52 Å². The summed E-state index contributed by atoms with van der Waals surface area (Å²) in [6.45, 7) is 2.00. The Kier molecular flexibility index (Phi) is 3.09. The van der Waals surface area contributed by atoms with E-state index < -0.39 is 0 Å². The lowest BCUT2D eigenvalue weighted by atomic mass is 10.2. The Labute approximate surface area is 116 Å². The topological polar surface area (TPSA) is 58.4 Å². The predicted octanol–water partition coefficient (Wildman–Crippen LogP) is 3.29. The monoisotopic (exact) mass is 266 g/mol. The predicted molar refractivity (Wildman–Crippen MR) is 79.0 cm³/mol. The third-order valence-electron chi connectivity index (χ3n) is 2.97. The molecule has 0 unspecified atom stereocenters. The number of pyridine rings is 1. The van der Waals surface area contributed by atoms with E-state index in [0.29, 0.717) is 5.95 Å². The van der Waals surface area contributed by atoms with Gasteiger partial charge in [0.25, 0.3) is 0 Å². The second kappa shape index (κ2) is 5.05. The second-order valence-corrected chi connectivity index (χ2v) is 4.52. The van der Waals surface area contributed by atoms with Crippen molar-refractivity contribution in [2.24, 2.45) is 0 Å². The number of fused-ring (bicyclic) bond motifs is 1. The Morgan fingerprint density at radius 1 is 1.10 bits per heavy atom. The first-order chi connectivity index (χ1) is 9.72. The molecule has 0 spiro atoms. The van der Waals surface area contributed by atoms with E-state index in [-0.39, 0.29) is 6.03 Å². The maximum atomic E-state index is 11.9. The van der Waals surface area contributed by atoms with Gasteiger partial charge in [0.2, 0.25) is 5.95 Å². The zero-order valence-electron chi connectivity index (χ0n) is 11.0. The van der Waals surface area contributed by atoms with Gasteiger partial charge in [-0.15, -0.1) is 0 Å². The van der Waals surface area contributed by atoms with Gasteiger partial charge in [0.15, 0.2) is 0 Å². The number of carbonyl (C=O) groups excluding carboxylic acids is 1. The number of amides is 2. The summed E-state index contributed by atoms with van der Waals surface area (Å²) in [7, 11) is 0. The van der Waals surface area contributed by atoms with Gasteiger partial charge in [-0.2, -0.15) is 0 Å². The van der Waals surface area contributed by atoms with Crippen molar-refractivity contribution in [1.82, 2.24) is 9.38 Å². The Morgan fingerprint density at radius 2 is 1.90 bits per heavy atom. The minimum Gasteiger partial charge on any atom is -0.308 e. The zero-order chi connectivity index (χ0) is 13.9. The molecule has 20 heavy (non-hydrogen) atoms. The molecule has 0 bridgehead atoms. The molecule has 0 aliphatic rings. The van der Waals surface area contributed by atoms with Crippen LogP contribution < -0.4 is 10.6 Å².